The third-order valence-corrected chi connectivity index (χ3v) is 6.84. The molecule has 1 N–H and O–H groups in total. The summed E-state index contributed by atoms with van der Waals surface area (Å²) in [6.45, 7) is 7.38. The molecule has 0 aromatic carbocycles. The zero-order chi connectivity index (χ0) is 13.9. The summed E-state index contributed by atoms with van der Waals surface area (Å²) < 4.78 is 23.9. The largest absolute Gasteiger partial charge is 0.310 e. The molecule has 0 amide bonds. The van der Waals surface area contributed by atoms with E-state index in [0.29, 0.717) is 12.3 Å². The van der Waals surface area contributed by atoms with Crippen molar-refractivity contribution in [3.63, 3.8) is 0 Å². The number of nitrogens with one attached hydrogen (secondary N) is 1. The van der Waals surface area contributed by atoms with E-state index in [1.54, 1.807) is 13.8 Å². The van der Waals surface area contributed by atoms with Gasteiger partial charge in [-0.3, -0.25) is 0 Å². The van der Waals surface area contributed by atoms with E-state index in [1.165, 1.54) is 25.7 Å². The van der Waals surface area contributed by atoms with Crippen molar-refractivity contribution < 1.29 is 8.42 Å². The second-order valence-electron chi connectivity index (χ2n) is 6.46. The van der Waals surface area contributed by atoms with E-state index in [2.05, 4.69) is 10.2 Å². The van der Waals surface area contributed by atoms with Gasteiger partial charge in [0.25, 0.3) is 0 Å². The van der Waals surface area contributed by atoms with Crippen molar-refractivity contribution in [2.45, 2.75) is 56.7 Å². The van der Waals surface area contributed by atoms with Gasteiger partial charge in [-0.15, -0.1) is 0 Å². The molecule has 0 aromatic rings. The SMILES string of the molecule is CC(C)S(=O)(=O)CCN1CCCNC2(CCCC2)C1. The van der Waals surface area contributed by atoms with Crippen molar-refractivity contribution in [3.8, 4) is 0 Å². The minimum absolute atomic E-state index is 0.252. The van der Waals surface area contributed by atoms with E-state index < -0.39 is 9.84 Å². The van der Waals surface area contributed by atoms with Gasteiger partial charge in [0.05, 0.1) is 11.0 Å². The maximum atomic E-state index is 11.9. The Morgan fingerprint density at radius 2 is 1.89 bits per heavy atom. The van der Waals surface area contributed by atoms with Crippen LogP contribution < -0.4 is 5.32 Å². The summed E-state index contributed by atoms with van der Waals surface area (Å²) in [4.78, 5) is 2.37. The molecule has 1 aliphatic heterocycles. The number of hydrogen-bond acceptors (Lipinski definition) is 4. The normalized spacial score (nSPS) is 25.0. The molecule has 112 valence electrons. The highest BCUT2D eigenvalue weighted by atomic mass is 32.2. The van der Waals surface area contributed by atoms with E-state index in [1.807, 2.05) is 0 Å². The van der Waals surface area contributed by atoms with Crippen molar-refractivity contribution >= 4 is 9.84 Å². The van der Waals surface area contributed by atoms with E-state index in [4.69, 9.17) is 0 Å². The third kappa shape index (κ3) is 3.92. The molecule has 1 heterocycles. The Labute approximate surface area is 117 Å². The minimum Gasteiger partial charge on any atom is -0.310 e. The highest BCUT2D eigenvalue weighted by molar-refractivity contribution is 7.92. The first kappa shape index (κ1) is 15.3. The molecule has 1 saturated carbocycles. The Bertz CT molecular complexity index is 386. The molecule has 1 aliphatic carbocycles. The first-order valence-electron chi connectivity index (χ1n) is 7.63. The van der Waals surface area contributed by atoms with Crippen LogP contribution in [-0.2, 0) is 9.84 Å². The van der Waals surface area contributed by atoms with Crippen LogP contribution in [0.5, 0.6) is 0 Å². The molecule has 1 saturated heterocycles. The van der Waals surface area contributed by atoms with Gasteiger partial charge in [-0.2, -0.15) is 0 Å². The van der Waals surface area contributed by atoms with Crippen molar-refractivity contribution in [3.05, 3.63) is 0 Å². The zero-order valence-electron chi connectivity index (χ0n) is 12.3. The van der Waals surface area contributed by atoms with Crippen molar-refractivity contribution in [1.29, 1.82) is 0 Å². The highest BCUT2D eigenvalue weighted by Gasteiger charge is 2.36. The van der Waals surface area contributed by atoms with Crippen LogP contribution in [0.25, 0.3) is 0 Å². The average molecular weight is 288 g/mol. The van der Waals surface area contributed by atoms with Gasteiger partial charge in [-0.25, -0.2) is 8.42 Å². The first-order valence-corrected chi connectivity index (χ1v) is 9.34. The van der Waals surface area contributed by atoms with Crippen molar-refractivity contribution in [2.24, 2.45) is 0 Å². The molecule has 0 aromatic heterocycles. The first-order chi connectivity index (χ1) is 8.94. The summed E-state index contributed by atoms with van der Waals surface area (Å²) in [5, 5.41) is 3.46. The molecule has 1 spiro atoms. The van der Waals surface area contributed by atoms with Crippen LogP contribution in [-0.4, -0.2) is 56.0 Å². The summed E-state index contributed by atoms with van der Waals surface area (Å²) >= 11 is 0. The molecular formula is C14H28N2O2S. The fourth-order valence-electron chi connectivity index (χ4n) is 3.29. The molecule has 0 atom stereocenters. The Kier molecular flexibility index (Phi) is 4.90. The standard InChI is InChI=1S/C14H28N2O2S/c1-13(2)19(17,18)11-10-16-9-5-8-15-14(12-16)6-3-4-7-14/h13,15H,3-12H2,1-2H3. The molecule has 19 heavy (non-hydrogen) atoms. The molecular weight excluding hydrogens is 260 g/mol. The molecule has 0 bridgehead atoms. The number of nitrogens with zero attached hydrogens (tertiary/aromatic N) is 1. The van der Waals surface area contributed by atoms with Gasteiger partial charge in [0, 0.05) is 18.6 Å². The van der Waals surface area contributed by atoms with Gasteiger partial charge >= 0.3 is 0 Å². The van der Waals surface area contributed by atoms with Crippen LogP contribution in [0.1, 0.15) is 46.0 Å². The Hall–Kier alpha value is -0.130. The van der Waals surface area contributed by atoms with Gasteiger partial charge < -0.3 is 10.2 Å². The Balaban J connectivity index is 1.92. The summed E-state index contributed by atoms with van der Waals surface area (Å²) in [6.07, 6.45) is 6.25. The minimum atomic E-state index is -2.91. The zero-order valence-corrected chi connectivity index (χ0v) is 13.1. The predicted molar refractivity (Wildman–Crippen MR) is 79.2 cm³/mol. The quantitative estimate of drug-likeness (QED) is 0.850. The van der Waals surface area contributed by atoms with Crippen LogP contribution >= 0.6 is 0 Å². The summed E-state index contributed by atoms with van der Waals surface area (Å²) in [5.74, 6) is 0.306. The van der Waals surface area contributed by atoms with Gasteiger partial charge in [0.15, 0.2) is 9.84 Å². The van der Waals surface area contributed by atoms with Crippen molar-refractivity contribution in [1.82, 2.24) is 10.2 Å². The van der Waals surface area contributed by atoms with E-state index in [9.17, 15) is 8.42 Å². The topological polar surface area (TPSA) is 49.4 Å². The summed E-state index contributed by atoms with van der Waals surface area (Å²) in [5.41, 5.74) is 0.276. The van der Waals surface area contributed by atoms with E-state index in [0.717, 1.165) is 26.1 Å². The highest BCUT2D eigenvalue weighted by Crippen LogP contribution is 2.31. The van der Waals surface area contributed by atoms with Crippen LogP contribution in [0.15, 0.2) is 0 Å². The molecule has 0 unspecified atom stereocenters. The number of sulfone groups is 1. The predicted octanol–water partition coefficient (Wildman–Crippen LogP) is 1.42. The van der Waals surface area contributed by atoms with Crippen LogP contribution in [0, 0.1) is 0 Å². The van der Waals surface area contributed by atoms with Gasteiger partial charge in [0.1, 0.15) is 0 Å². The fraction of sp³-hybridized carbons (Fsp3) is 1.00. The van der Waals surface area contributed by atoms with Crippen molar-refractivity contribution in [2.75, 3.05) is 31.9 Å². The lowest BCUT2D eigenvalue weighted by atomic mass is 9.97. The third-order valence-electron chi connectivity index (χ3n) is 4.65. The van der Waals surface area contributed by atoms with Gasteiger partial charge in [-0.1, -0.05) is 12.8 Å². The maximum Gasteiger partial charge on any atom is 0.153 e. The lowest BCUT2D eigenvalue weighted by molar-refractivity contribution is 0.219. The Morgan fingerprint density at radius 3 is 2.53 bits per heavy atom. The lowest BCUT2D eigenvalue weighted by Gasteiger charge is -2.33. The van der Waals surface area contributed by atoms with Gasteiger partial charge in [0.2, 0.25) is 0 Å². The summed E-state index contributed by atoms with van der Waals surface area (Å²) in [6, 6.07) is 0. The monoisotopic (exact) mass is 288 g/mol. The second-order valence-corrected chi connectivity index (χ2v) is 9.14. The lowest BCUT2D eigenvalue weighted by Crippen LogP contribution is -2.50. The second kappa shape index (κ2) is 6.10. The van der Waals surface area contributed by atoms with Crippen LogP contribution in [0.2, 0.25) is 0 Å². The maximum absolute atomic E-state index is 11.9. The molecule has 0 radical (unpaired) electrons. The molecule has 4 nitrogen and oxygen atoms in total. The smallest absolute Gasteiger partial charge is 0.153 e. The number of hydrogen-bond donors (Lipinski definition) is 1. The van der Waals surface area contributed by atoms with Crippen LogP contribution in [0.3, 0.4) is 0 Å². The molecule has 5 heteroatoms. The molecule has 2 aliphatic rings. The average Bonchev–Trinajstić information content (AvgIpc) is 2.69. The fourth-order valence-corrected chi connectivity index (χ4v) is 4.27. The Morgan fingerprint density at radius 1 is 1.21 bits per heavy atom. The molecule has 2 fully saturated rings. The number of rotatable bonds is 4. The van der Waals surface area contributed by atoms with E-state index in [-0.39, 0.29) is 10.8 Å². The van der Waals surface area contributed by atoms with Crippen LogP contribution in [0.4, 0.5) is 0 Å². The molecule has 2 rings (SSSR count). The summed E-state index contributed by atoms with van der Waals surface area (Å²) in [7, 11) is -2.91. The van der Waals surface area contributed by atoms with Gasteiger partial charge in [-0.05, 0) is 46.2 Å². The van der Waals surface area contributed by atoms with E-state index >= 15 is 0 Å².